The number of nitrogens with zero attached hydrogens (tertiary/aromatic N) is 2. The van der Waals surface area contributed by atoms with Gasteiger partial charge in [-0.25, -0.2) is 9.97 Å². The van der Waals surface area contributed by atoms with Crippen LogP contribution in [0.3, 0.4) is 0 Å². The molecule has 2 heterocycles. The second-order valence-corrected chi connectivity index (χ2v) is 2.81. The molecule has 0 saturated heterocycles. The summed E-state index contributed by atoms with van der Waals surface area (Å²) in [5, 5.41) is 0. The van der Waals surface area contributed by atoms with Crippen LogP contribution in [0.25, 0.3) is 11.2 Å². The highest BCUT2D eigenvalue weighted by Gasteiger charge is 2.03. The lowest BCUT2D eigenvalue weighted by atomic mass is 10.3. The molecule has 2 rings (SSSR count). The molecule has 0 fully saturated rings. The zero-order valence-corrected chi connectivity index (χ0v) is 7.66. The minimum absolute atomic E-state index is 0.581. The molecule has 0 saturated carbocycles. The normalized spacial score (nSPS) is 10.6. The molecule has 0 spiro atoms. The van der Waals surface area contributed by atoms with Gasteiger partial charge < -0.3 is 9.72 Å². The number of aromatic amines is 1. The van der Waals surface area contributed by atoms with Gasteiger partial charge in [-0.15, -0.1) is 0 Å². The summed E-state index contributed by atoms with van der Waals surface area (Å²) in [4.78, 5) is 11.5. The van der Waals surface area contributed by atoms with Crippen molar-refractivity contribution in [2.24, 2.45) is 0 Å². The summed E-state index contributed by atoms with van der Waals surface area (Å²) in [6.07, 6.45) is 3.52. The van der Waals surface area contributed by atoms with Crippen LogP contribution in [0.15, 0.2) is 12.4 Å². The van der Waals surface area contributed by atoms with E-state index >= 15 is 0 Å². The van der Waals surface area contributed by atoms with Gasteiger partial charge >= 0.3 is 0 Å². The predicted octanol–water partition coefficient (Wildman–Crippen LogP) is 1.67. The first kappa shape index (κ1) is 8.04. The van der Waals surface area contributed by atoms with Crippen LogP contribution >= 0.6 is 0 Å². The molecule has 0 unspecified atom stereocenters. The molecule has 2 aromatic rings. The van der Waals surface area contributed by atoms with E-state index in [-0.39, 0.29) is 0 Å². The molecule has 0 bridgehead atoms. The van der Waals surface area contributed by atoms with Gasteiger partial charge in [-0.05, 0) is 19.4 Å². The topological polar surface area (TPSA) is 50.8 Å². The highest BCUT2D eigenvalue weighted by atomic mass is 16.5. The Morgan fingerprint density at radius 3 is 3.15 bits per heavy atom. The van der Waals surface area contributed by atoms with Crippen LogP contribution in [-0.2, 0) is 0 Å². The van der Waals surface area contributed by atoms with Crippen LogP contribution in [0.4, 0.5) is 0 Å². The smallest absolute Gasteiger partial charge is 0.233 e. The van der Waals surface area contributed by atoms with E-state index in [0.29, 0.717) is 12.5 Å². The quantitative estimate of drug-likeness (QED) is 0.759. The maximum atomic E-state index is 5.25. The fourth-order valence-electron chi connectivity index (χ4n) is 1.22. The number of fused-ring (bicyclic) bond motifs is 1. The van der Waals surface area contributed by atoms with Crippen molar-refractivity contribution >= 4 is 11.2 Å². The minimum Gasteiger partial charge on any atom is -0.477 e. The van der Waals surface area contributed by atoms with E-state index in [9.17, 15) is 0 Å². The largest absolute Gasteiger partial charge is 0.477 e. The number of hydrogen-bond donors (Lipinski definition) is 1. The average Bonchev–Trinajstić information content (AvgIpc) is 2.49. The molecule has 0 radical (unpaired) electrons. The van der Waals surface area contributed by atoms with Crippen LogP contribution in [0.5, 0.6) is 5.88 Å². The number of H-pyrrole nitrogens is 1. The second-order valence-electron chi connectivity index (χ2n) is 2.81. The molecule has 0 aliphatic heterocycles. The Morgan fingerprint density at radius 1 is 1.54 bits per heavy atom. The molecular formula is C9H11N3O. The number of nitrogens with one attached hydrogen (secondary N) is 1. The first-order valence-corrected chi connectivity index (χ1v) is 4.24. The van der Waals surface area contributed by atoms with Gasteiger partial charge in [-0.1, -0.05) is 0 Å². The summed E-state index contributed by atoms with van der Waals surface area (Å²) >= 11 is 0. The number of hydrogen-bond acceptors (Lipinski definition) is 3. The maximum Gasteiger partial charge on any atom is 0.233 e. The maximum absolute atomic E-state index is 5.25. The Morgan fingerprint density at radius 2 is 2.38 bits per heavy atom. The van der Waals surface area contributed by atoms with E-state index in [1.165, 1.54) is 0 Å². The van der Waals surface area contributed by atoms with E-state index in [1.807, 2.05) is 20.0 Å². The third-order valence-electron chi connectivity index (χ3n) is 1.84. The molecule has 2 aromatic heterocycles. The lowest BCUT2D eigenvalue weighted by molar-refractivity contribution is 0.326. The number of rotatable bonds is 2. The van der Waals surface area contributed by atoms with Crippen molar-refractivity contribution in [1.29, 1.82) is 0 Å². The Kier molecular flexibility index (Phi) is 1.88. The van der Waals surface area contributed by atoms with Crippen molar-refractivity contribution < 1.29 is 4.74 Å². The summed E-state index contributed by atoms with van der Waals surface area (Å²) in [6, 6.07) is 0. The lowest BCUT2D eigenvalue weighted by Gasteiger charge is -2.00. The number of ether oxygens (including phenoxy) is 1. The SMILES string of the molecule is CCOc1cnc2[nH]cc(C)c2n1. The minimum atomic E-state index is 0.581. The third kappa shape index (κ3) is 1.35. The van der Waals surface area contributed by atoms with Gasteiger partial charge in [0, 0.05) is 6.20 Å². The van der Waals surface area contributed by atoms with Crippen LogP contribution < -0.4 is 4.74 Å². The van der Waals surface area contributed by atoms with Crippen molar-refractivity contribution in [1.82, 2.24) is 15.0 Å². The van der Waals surface area contributed by atoms with Crippen LogP contribution in [-0.4, -0.2) is 21.6 Å². The molecule has 4 nitrogen and oxygen atoms in total. The zero-order chi connectivity index (χ0) is 9.26. The molecule has 68 valence electrons. The van der Waals surface area contributed by atoms with Crippen molar-refractivity contribution in [3.8, 4) is 5.88 Å². The van der Waals surface area contributed by atoms with Crippen LogP contribution in [0.1, 0.15) is 12.5 Å². The molecule has 0 aliphatic carbocycles. The van der Waals surface area contributed by atoms with E-state index < -0.39 is 0 Å². The Hall–Kier alpha value is -1.58. The molecule has 13 heavy (non-hydrogen) atoms. The van der Waals surface area contributed by atoms with Gasteiger partial charge in [0.2, 0.25) is 5.88 Å². The summed E-state index contributed by atoms with van der Waals surface area (Å²) in [6.45, 7) is 4.53. The van der Waals surface area contributed by atoms with Gasteiger partial charge in [0.05, 0.1) is 12.8 Å². The molecular weight excluding hydrogens is 166 g/mol. The molecule has 0 atom stereocenters. The summed E-state index contributed by atoms with van der Waals surface area (Å²) in [5.74, 6) is 0.581. The molecule has 0 aliphatic rings. The highest BCUT2D eigenvalue weighted by molar-refractivity contribution is 5.74. The van der Waals surface area contributed by atoms with E-state index in [2.05, 4.69) is 15.0 Å². The van der Waals surface area contributed by atoms with Crippen molar-refractivity contribution in [2.45, 2.75) is 13.8 Å². The van der Waals surface area contributed by atoms with E-state index in [1.54, 1.807) is 6.20 Å². The standard InChI is InChI=1S/C9H11N3O/c1-3-13-7-5-11-9-8(12-7)6(2)4-10-9/h4-5H,3H2,1-2H3,(H,10,11). The van der Waals surface area contributed by atoms with E-state index in [0.717, 1.165) is 16.7 Å². The number of aryl methyl sites for hydroxylation is 1. The van der Waals surface area contributed by atoms with Crippen molar-refractivity contribution in [3.05, 3.63) is 18.0 Å². The van der Waals surface area contributed by atoms with E-state index in [4.69, 9.17) is 4.74 Å². The second kappa shape index (κ2) is 3.05. The molecule has 0 amide bonds. The molecule has 4 heteroatoms. The van der Waals surface area contributed by atoms with Crippen molar-refractivity contribution in [2.75, 3.05) is 6.61 Å². The monoisotopic (exact) mass is 177 g/mol. The van der Waals surface area contributed by atoms with Crippen molar-refractivity contribution in [3.63, 3.8) is 0 Å². The van der Waals surface area contributed by atoms with Gasteiger partial charge in [-0.3, -0.25) is 0 Å². The first-order valence-electron chi connectivity index (χ1n) is 4.24. The zero-order valence-electron chi connectivity index (χ0n) is 7.66. The fraction of sp³-hybridized carbons (Fsp3) is 0.333. The summed E-state index contributed by atoms with van der Waals surface area (Å²) in [7, 11) is 0. The van der Waals surface area contributed by atoms with Gasteiger partial charge in [-0.2, -0.15) is 0 Å². The van der Waals surface area contributed by atoms with Gasteiger partial charge in [0.25, 0.3) is 0 Å². The lowest BCUT2D eigenvalue weighted by Crippen LogP contribution is -1.95. The van der Waals surface area contributed by atoms with Crippen LogP contribution in [0.2, 0.25) is 0 Å². The third-order valence-corrected chi connectivity index (χ3v) is 1.84. The fourth-order valence-corrected chi connectivity index (χ4v) is 1.22. The Bertz CT molecular complexity index is 422. The Labute approximate surface area is 76.0 Å². The molecule has 1 N–H and O–H groups in total. The molecule has 0 aromatic carbocycles. The summed E-state index contributed by atoms with van der Waals surface area (Å²) < 4.78 is 5.25. The Balaban J connectivity index is 2.53. The first-order chi connectivity index (χ1) is 6.31. The van der Waals surface area contributed by atoms with Crippen LogP contribution in [0, 0.1) is 6.92 Å². The highest BCUT2D eigenvalue weighted by Crippen LogP contribution is 2.15. The van der Waals surface area contributed by atoms with Gasteiger partial charge in [0.15, 0.2) is 5.65 Å². The summed E-state index contributed by atoms with van der Waals surface area (Å²) in [5.41, 5.74) is 2.77. The number of aromatic nitrogens is 3. The predicted molar refractivity (Wildman–Crippen MR) is 49.8 cm³/mol. The van der Waals surface area contributed by atoms with Gasteiger partial charge in [0.1, 0.15) is 5.52 Å². The average molecular weight is 177 g/mol.